The molecule has 0 aromatic heterocycles. The van der Waals surface area contributed by atoms with Crippen LogP contribution < -0.4 is 20.9 Å². The summed E-state index contributed by atoms with van der Waals surface area (Å²) in [4.78, 5) is 22.7. The van der Waals surface area contributed by atoms with Crippen LogP contribution in [0.2, 0.25) is 0 Å². The minimum Gasteiger partial charge on any atom is -0.462 e. The molecule has 0 saturated heterocycles. The van der Waals surface area contributed by atoms with Crippen LogP contribution in [-0.4, -0.2) is 25.2 Å². The van der Waals surface area contributed by atoms with Gasteiger partial charge < -0.3 is 30.4 Å². The monoisotopic (exact) mass is 564 g/mol. The molecule has 0 aliphatic rings. The van der Waals surface area contributed by atoms with Crippen molar-refractivity contribution in [2.45, 2.75) is 12.8 Å². The van der Waals surface area contributed by atoms with Crippen molar-refractivity contribution in [3.63, 3.8) is 0 Å². The summed E-state index contributed by atoms with van der Waals surface area (Å²) in [6.45, 7) is 7.18. The van der Waals surface area contributed by atoms with Crippen molar-refractivity contribution < 1.29 is 28.5 Å². The van der Waals surface area contributed by atoms with Gasteiger partial charge in [0.25, 0.3) is 0 Å². The summed E-state index contributed by atoms with van der Waals surface area (Å²) in [5, 5.41) is 0. The fourth-order valence-electron chi connectivity index (χ4n) is 4.11. The van der Waals surface area contributed by atoms with E-state index in [0.29, 0.717) is 47.2 Å². The molecular weight excluding hydrogens is 532 g/mol. The van der Waals surface area contributed by atoms with E-state index in [1.54, 1.807) is 36.4 Å². The van der Waals surface area contributed by atoms with Crippen molar-refractivity contribution >= 4 is 23.3 Å². The molecule has 8 heteroatoms. The summed E-state index contributed by atoms with van der Waals surface area (Å²) in [6.07, 6.45) is 3.16. The molecule has 0 aliphatic carbocycles. The Balaban J connectivity index is 1.40. The predicted molar refractivity (Wildman–Crippen MR) is 163 cm³/mol. The quantitative estimate of drug-likeness (QED) is 0.105. The van der Waals surface area contributed by atoms with Crippen LogP contribution in [0.5, 0.6) is 23.0 Å². The predicted octanol–water partition coefficient (Wildman–Crippen LogP) is 6.65. The second-order valence-electron chi connectivity index (χ2n) is 9.23. The Labute approximate surface area is 244 Å². The van der Waals surface area contributed by atoms with E-state index in [1.165, 1.54) is 0 Å². The number of rotatable bonds is 13. The first kappa shape index (κ1) is 29.5. The molecule has 0 saturated carbocycles. The zero-order chi connectivity index (χ0) is 29.9. The number of anilines is 2. The van der Waals surface area contributed by atoms with Crippen molar-refractivity contribution in [2.24, 2.45) is 0 Å². The highest BCUT2D eigenvalue weighted by atomic mass is 16.5. The van der Waals surface area contributed by atoms with Crippen LogP contribution in [-0.2, 0) is 31.9 Å². The van der Waals surface area contributed by atoms with Gasteiger partial charge in [0.15, 0.2) is 0 Å². The van der Waals surface area contributed by atoms with Gasteiger partial charge in [-0.05, 0) is 71.8 Å². The van der Waals surface area contributed by atoms with Gasteiger partial charge >= 0.3 is 11.9 Å². The zero-order valence-corrected chi connectivity index (χ0v) is 23.1. The Bertz CT molecular complexity index is 1440. The number of nitrogen functional groups attached to an aromatic ring is 2. The molecule has 0 bridgehead atoms. The molecule has 4 rings (SSSR count). The van der Waals surface area contributed by atoms with Crippen molar-refractivity contribution in [1.29, 1.82) is 0 Å². The maximum absolute atomic E-state index is 11.4. The molecule has 0 spiro atoms. The molecule has 0 fully saturated rings. The van der Waals surface area contributed by atoms with Crippen LogP contribution in [0.1, 0.15) is 11.1 Å². The average molecular weight is 565 g/mol. The summed E-state index contributed by atoms with van der Waals surface area (Å²) < 4.78 is 22.4. The van der Waals surface area contributed by atoms with E-state index in [4.69, 9.17) is 30.4 Å². The van der Waals surface area contributed by atoms with Crippen molar-refractivity contribution in [1.82, 2.24) is 0 Å². The molecule has 0 atom stereocenters. The van der Waals surface area contributed by atoms with Crippen LogP contribution in [0.3, 0.4) is 0 Å². The number of hydrogen-bond acceptors (Lipinski definition) is 8. The third kappa shape index (κ3) is 8.25. The fraction of sp³-hybridized carbons (Fsp3) is 0.118. The Hall–Kier alpha value is -5.50. The number of ether oxygens (including phenoxy) is 4. The van der Waals surface area contributed by atoms with E-state index in [-0.39, 0.29) is 13.2 Å². The number of nitrogens with two attached hydrogens (primary N) is 2. The van der Waals surface area contributed by atoms with E-state index in [0.717, 1.165) is 34.4 Å². The van der Waals surface area contributed by atoms with Crippen LogP contribution >= 0.6 is 0 Å². The second kappa shape index (κ2) is 14.2. The van der Waals surface area contributed by atoms with Gasteiger partial charge in [0.2, 0.25) is 0 Å². The molecule has 8 nitrogen and oxygen atoms in total. The molecule has 214 valence electrons. The van der Waals surface area contributed by atoms with Crippen LogP contribution in [0.4, 0.5) is 11.4 Å². The zero-order valence-electron chi connectivity index (χ0n) is 23.1. The molecule has 0 heterocycles. The Kier molecular flexibility index (Phi) is 9.99. The first-order valence-electron chi connectivity index (χ1n) is 13.3. The summed E-state index contributed by atoms with van der Waals surface area (Å²) >= 11 is 0. The Morgan fingerprint density at radius 2 is 0.976 bits per heavy atom. The molecule has 42 heavy (non-hydrogen) atoms. The van der Waals surface area contributed by atoms with Gasteiger partial charge in [0.05, 0.1) is 13.2 Å². The van der Waals surface area contributed by atoms with Gasteiger partial charge in [0, 0.05) is 47.5 Å². The third-order valence-corrected chi connectivity index (χ3v) is 6.23. The highest BCUT2D eigenvalue weighted by Gasteiger charge is 2.10. The Morgan fingerprint density at radius 3 is 1.33 bits per heavy atom. The van der Waals surface area contributed by atoms with Crippen LogP contribution in [0.15, 0.2) is 110 Å². The molecule has 0 unspecified atom stereocenters. The lowest BCUT2D eigenvalue weighted by Gasteiger charge is -2.13. The van der Waals surface area contributed by atoms with Crippen LogP contribution in [0, 0.1) is 0 Å². The lowest BCUT2D eigenvalue weighted by atomic mass is 10.1. The number of hydrogen-bond donors (Lipinski definition) is 2. The molecule has 0 aliphatic heterocycles. The SMILES string of the molecule is C=CC(=O)OCCc1cc(N)ccc1Oc1ccc(-c2ccc(Oc3ccc(N)cc3CCOC(=O)C=C)cc2)cc1. The number of benzene rings is 4. The molecule has 4 N–H and O–H groups in total. The standard InChI is InChI=1S/C34H32N2O6/c1-3-33(37)39-19-17-25-21-27(35)9-15-31(25)41-29-11-5-23(6-12-29)24-7-13-30(14-8-24)42-32-16-10-28(36)22-26(32)18-20-40-34(38)4-2/h3-16,21-22H,1-2,17-20,35-36H2. The summed E-state index contributed by atoms with van der Waals surface area (Å²) in [5.41, 5.74) is 16.7. The summed E-state index contributed by atoms with van der Waals surface area (Å²) in [6, 6.07) is 26.2. The number of esters is 2. The van der Waals surface area contributed by atoms with Gasteiger partial charge in [0.1, 0.15) is 23.0 Å². The molecular formula is C34H32N2O6. The van der Waals surface area contributed by atoms with Crippen molar-refractivity contribution in [3.8, 4) is 34.1 Å². The number of carbonyl (C=O) groups excluding carboxylic acids is 2. The smallest absolute Gasteiger partial charge is 0.330 e. The van der Waals surface area contributed by atoms with E-state index in [2.05, 4.69) is 13.2 Å². The third-order valence-electron chi connectivity index (χ3n) is 6.23. The Morgan fingerprint density at radius 1 is 0.595 bits per heavy atom. The minimum atomic E-state index is -0.477. The first-order valence-corrected chi connectivity index (χ1v) is 13.3. The molecule has 0 amide bonds. The highest BCUT2D eigenvalue weighted by Crippen LogP contribution is 2.32. The lowest BCUT2D eigenvalue weighted by molar-refractivity contribution is -0.138. The fourth-order valence-corrected chi connectivity index (χ4v) is 4.11. The van der Waals surface area contributed by atoms with Gasteiger partial charge in [-0.3, -0.25) is 0 Å². The highest BCUT2D eigenvalue weighted by molar-refractivity contribution is 5.81. The van der Waals surface area contributed by atoms with Gasteiger partial charge in [-0.2, -0.15) is 0 Å². The van der Waals surface area contributed by atoms with Crippen molar-refractivity contribution in [2.75, 3.05) is 24.7 Å². The van der Waals surface area contributed by atoms with Crippen molar-refractivity contribution in [3.05, 3.63) is 121 Å². The lowest BCUT2D eigenvalue weighted by Crippen LogP contribution is -2.05. The largest absolute Gasteiger partial charge is 0.462 e. The number of carbonyl (C=O) groups is 2. The van der Waals surface area contributed by atoms with E-state index < -0.39 is 11.9 Å². The minimum absolute atomic E-state index is 0.189. The summed E-state index contributed by atoms with van der Waals surface area (Å²) in [5.74, 6) is 1.62. The first-order chi connectivity index (χ1) is 20.3. The van der Waals surface area contributed by atoms with E-state index >= 15 is 0 Å². The van der Waals surface area contributed by atoms with Gasteiger partial charge in [-0.15, -0.1) is 0 Å². The topological polar surface area (TPSA) is 123 Å². The van der Waals surface area contributed by atoms with E-state index in [1.807, 2.05) is 48.5 Å². The van der Waals surface area contributed by atoms with Gasteiger partial charge in [-0.1, -0.05) is 37.4 Å². The van der Waals surface area contributed by atoms with Gasteiger partial charge in [-0.25, -0.2) is 9.59 Å². The maximum Gasteiger partial charge on any atom is 0.330 e. The van der Waals surface area contributed by atoms with E-state index in [9.17, 15) is 9.59 Å². The average Bonchev–Trinajstić information content (AvgIpc) is 3.00. The maximum atomic E-state index is 11.4. The summed E-state index contributed by atoms with van der Waals surface area (Å²) in [7, 11) is 0. The second-order valence-corrected chi connectivity index (χ2v) is 9.23. The molecule has 4 aromatic rings. The van der Waals surface area contributed by atoms with Crippen LogP contribution in [0.25, 0.3) is 11.1 Å². The molecule has 4 aromatic carbocycles. The molecule has 0 radical (unpaired) electrons. The normalized spacial score (nSPS) is 10.4.